The van der Waals surface area contributed by atoms with Gasteiger partial charge in [0.1, 0.15) is 22.6 Å². The summed E-state index contributed by atoms with van der Waals surface area (Å²) >= 11 is 5.43. The monoisotopic (exact) mass is 620 g/mol. The minimum atomic E-state index is -4.04. The summed E-state index contributed by atoms with van der Waals surface area (Å²) in [6.45, 7) is 0. The molecule has 220 valence electrons. The average molecular weight is 621 g/mol. The lowest BCUT2D eigenvalue weighted by Gasteiger charge is -2.30. The number of phenols is 2. The van der Waals surface area contributed by atoms with Gasteiger partial charge < -0.3 is 48.4 Å². The van der Waals surface area contributed by atoms with E-state index in [1.807, 2.05) is 0 Å². The van der Waals surface area contributed by atoms with E-state index in [0.29, 0.717) is 0 Å². The number of methoxy groups -OCH3 is 2. The maximum Gasteiger partial charge on any atom is 0.356 e. The fourth-order valence-electron chi connectivity index (χ4n) is 3.55. The summed E-state index contributed by atoms with van der Waals surface area (Å²) in [5.74, 6) is -5.23. The summed E-state index contributed by atoms with van der Waals surface area (Å²) in [5.41, 5.74) is -0.176. The first-order valence-corrected chi connectivity index (χ1v) is 14.8. The van der Waals surface area contributed by atoms with Crippen LogP contribution in [0.4, 0.5) is 0 Å². The zero-order valence-corrected chi connectivity index (χ0v) is 25.0. The van der Waals surface area contributed by atoms with Gasteiger partial charge in [0.2, 0.25) is 0 Å². The Morgan fingerprint density at radius 3 is 1.30 bits per heavy atom. The lowest BCUT2D eigenvalue weighted by molar-refractivity contribution is 0.0588. The largest absolute Gasteiger partial charge is 0.507 e. The molecule has 0 amide bonds. The van der Waals surface area contributed by atoms with E-state index in [1.54, 1.807) is 0 Å². The highest BCUT2D eigenvalue weighted by Crippen LogP contribution is 2.60. The number of thiocarbonyl (C=S) groups is 1. The zero-order valence-electron chi connectivity index (χ0n) is 22.4. The highest BCUT2D eigenvalue weighted by atomic mass is 32.1. The topological polar surface area (TPSA) is 188 Å². The van der Waals surface area contributed by atoms with Gasteiger partial charge in [0, 0.05) is 28.4 Å². The third-order valence-corrected chi connectivity index (χ3v) is 10.1. The molecule has 4 N–H and O–H groups in total. The smallest absolute Gasteiger partial charge is 0.356 e. The minimum Gasteiger partial charge on any atom is -0.507 e. The molecule has 2 aromatic carbocycles. The van der Waals surface area contributed by atoms with Crippen LogP contribution in [-0.4, -0.2) is 69.9 Å². The van der Waals surface area contributed by atoms with Gasteiger partial charge in [-0.15, -0.1) is 0 Å². The second-order valence-electron chi connectivity index (χ2n) is 7.77. The molecule has 0 bridgehead atoms. The van der Waals surface area contributed by atoms with Crippen LogP contribution in [0.25, 0.3) is 0 Å². The molecule has 40 heavy (non-hydrogen) atoms. The molecule has 0 aliphatic rings. The van der Waals surface area contributed by atoms with Gasteiger partial charge in [-0.05, 0) is 47.6 Å². The van der Waals surface area contributed by atoms with E-state index in [9.17, 15) is 28.9 Å². The standard InChI is InChI=1S/C23H30N2O12P2S/c1-32-21(28)15-11-13(7-9-17(15)26)19(38(30,34-3)35-4)24-23(40)25-20(39(31,36-5)37-6)14-8-10-18(27)16(12-14)22(29)33-2/h7-12,19-20,26-27H,1-6H3,(H2,24,25,40). The number of phenolic OH excluding ortho intramolecular Hbond substituents is 2. The number of rotatable bonds is 12. The molecule has 0 aliphatic heterocycles. The first-order valence-electron chi connectivity index (χ1n) is 11.2. The molecule has 2 atom stereocenters. The highest BCUT2D eigenvalue weighted by Gasteiger charge is 2.40. The van der Waals surface area contributed by atoms with Crippen LogP contribution in [0.15, 0.2) is 36.4 Å². The Morgan fingerprint density at radius 1 is 0.700 bits per heavy atom. The second kappa shape index (κ2) is 14.0. The molecule has 0 saturated carbocycles. The number of aromatic hydroxyl groups is 2. The average Bonchev–Trinajstić information content (AvgIpc) is 2.97. The van der Waals surface area contributed by atoms with Crippen LogP contribution in [-0.2, 0) is 36.7 Å². The van der Waals surface area contributed by atoms with Crippen molar-refractivity contribution in [3.63, 3.8) is 0 Å². The van der Waals surface area contributed by atoms with Crippen LogP contribution in [0.5, 0.6) is 11.5 Å². The molecule has 17 heteroatoms. The Hall–Kier alpha value is -3.03. The molecule has 2 unspecified atom stereocenters. The number of hydrogen-bond donors (Lipinski definition) is 4. The number of hydrogen-bond acceptors (Lipinski definition) is 13. The molecular weight excluding hydrogens is 590 g/mol. The Bertz CT molecular complexity index is 1240. The van der Waals surface area contributed by atoms with Gasteiger partial charge in [-0.2, -0.15) is 0 Å². The Balaban J connectivity index is 2.58. The van der Waals surface area contributed by atoms with E-state index in [-0.39, 0.29) is 27.4 Å². The molecular formula is C23H30N2O12P2S. The first kappa shape index (κ1) is 33.2. The van der Waals surface area contributed by atoms with Crippen LogP contribution >= 0.6 is 27.4 Å². The SMILES string of the molecule is COC(=O)c1cc(C(NC(=S)NC(c2ccc(O)c(C(=O)OC)c2)P(=O)(OC)OC)P(=O)(OC)OC)ccc1O. The number of carbonyl (C=O) groups excluding carboxylic acids is 2. The summed E-state index contributed by atoms with van der Waals surface area (Å²) < 4.78 is 57.0. The van der Waals surface area contributed by atoms with Crippen molar-refractivity contribution in [3.05, 3.63) is 58.7 Å². The van der Waals surface area contributed by atoms with Crippen LogP contribution < -0.4 is 10.6 Å². The van der Waals surface area contributed by atoms with Gasteiger partial charge in [0.05, 0.1) is 14.2 Å². The Morgan fingerprint density at radius 2 is 1.02 bits per heavy atom. The van der Waals surface area contributed by atoms with Crippen molar-refractivity contribution < 1.29 is 56.5 Å². The van der Waals surface area contributed by atoms with Crippen LogP contribution in [0.2, 0.25) is 0 Å². The Kier molecular flexibility index (Phi) is 11.6. The van der Waals surface area contributed by atoms with Crippen molar-refractivity contribution in [1.29, 1.82) is 0 Å². The van der Waals surface area contributed by atoms with Crippen molar-refractivity contribution >= 4 is 44.5 Å². The van der Waals surface area contributed by atoms with Crippen molar-refractivity contribution in [1.82, 2.24) is 10.6 Å². The molecule has 14 nitrogen and oxygen atoms in total. The van der Waals surface area contributed by atoms with Gasteiger partial charge in [0.25, 0.3) is 0 Å². The Labute approximate surface area is 235 Å². The number of ether oxygens (including phenoxy) is 2. The number of benzene rings is 2. The van der Waals surface area contributed by atoms with Crippen LogP contribution in [0, 0.1) is 0 Å². The van der Waals surface area contributed by atoms with Crippen molar-refractivity contribution in [3.8, 4) is 11.5 Å². The molecule has 0 saturated heterocycles. The van der Waals surface area contributed by atoms with E-state index < -0.39 is 50.2 Å². The van der Waals surface area contributed by atoms with E-state index in [0.717, 1.165) is 42.7 Å². The maximum absolute atomic E-state index is 13.5. The summed E-state index contributed by atoms with van der Waals surface area (Å²) in [4.78, 5) is 24.3. The fraction of sp³-hybridized carbons (Fsp3) is 0.348. The minimum absolute atomic E-state index is 0.144. The van der Waals surface area contributed by atoms with E-state index in [2.05, 4.69) is 20.1 Å². The lowest BCUT2D eigenvalue weighted by atomic mass is 10.1. The summed E-state index contributed by atoms with van der Waals surface area (Å²) in [7, 11) is -1.30. The first-order chi connectivity index (χ1) is 18.8. The quantitative estimate of drug-likeness (QED) is 0.152. The van der Waals surface area contributed by atoms with Crippen LogP contribution in [0.3, 0.4) is 0 Å². The predicted molar refractivity (Wildman–Crippen MR) is 146 cm³/mol. The summed E-state index contributed by atoms with van der Waals surface area (Å²) in [5, 5.41) is 25.5. The normalized spacial score (nSPS) is 13.2. The molecule has 0 radical (unpaired) electrons. The number of carbonyl (C=O) groups is 2. The number of esters is 2. The van der Waals surface area contributed by atoms with Crippen LogP contribution in [0.1, 0.15) is 43.4 Å². The van der Waals surface area contributed by atoms with E-state index in [1.165, 1.54) is 36.4 Å². The second-order valence-corrected chi connectivity index (χ2v) is 12.8. The van der Waals surface area contributed by atoms with Crippen molar-refractivity contribution in [2.24, 2.45) is 0 Å². The lowest BCUT2D eigenvalue weighted by Crippen LogP contribution is -2.40. The molecule has 0 aromatic heterocycles. The zero-order chi connectivity index (χ0) is 30.3. The van der Waals surface area contributed by atoms with E-state index in [4.69, 9.17) is 30.3 Å². The summed E-state index contributed by atoms with van der Waals surface area (Å²) in [6, 6.07) is 7.48. The summed E-state index contributed by atoms with van der Waals surface area (Å²) in [6.07, 6.45) is 0. The third-order valence-electron chi connectivity index (χ3n) is 5.67. The van der Waals surface area contributed by atoms with E-state index >= 15 is 0 Å². The van der Waals surface area contributed by atoms with Gasteiger partial charge in [-0.3, -0.25) is 9.13 Å². The predicted octanol–water partition coefficient (Wildman–Crippen LogP) is 3.80. The highest BCUT2D eigenvalue weighted by molar-refractivity contribution is 7.80. The maximum atomic E-state index is 13.5. The molecule has 0 heterocycles. The molecule has 2 aromatic rings. The molecule has 0 fully saturated rings. The van der Waals surface area contributed by atoms with Gasteiger partial charge in [0.15, 0.2) is 16.7 Å². The molecule has 0 spiro atoms. The molecule has 2 rings (SSSR count). The fourth-order valence-corrected chi connectivity index (χ4v) is 6.72. The molecule has 0 aliphatic carbocycles. The van der Waals surface area contributed by atoms with Crippen molar-refractivity contribution in [2.45, 2.75) is 11.6 Å². The van der Waals surface area contributed by atoms with Gasteiger partial charge >= 0.3 is 27.1 Å². The third kappa shape index (κ3) is 7.18. The van der Waals surface area contributed by atoms with Crippen molar-refractivity contribution in [2.75, 3.05) is 42.7 Å². The van der Waals surface area contributed by atoms with Gasteiger partial charge in [-0.25, -0.2) is 9.59 Å². The number of nitrogens with one attached hydrogen (secondary N) is 2. The van der Waals surface area contributed by atoms with Gasteiger partial charge in [-0.1, -0.05) is 12.1 Å².